The molecule has 2 saturated heterocycles. The Kier molecular flexibility index (Phi) is 5.20. The SMILES string of the molecule is Cc1ccc(CC(=O)N=C2SC3CS(=O)(=O)CC3N2c2ccc(F)cc2F)cc1. The maximum atomic E-state index is 14.5. The molecule has 2 fully saturated rings. The molecule has 0 saturated carbocycles. The summed E-state index contributed by atoms with van der Waals surface area (Å²) in [6.45, 7) is 1.95. The van der Waals surface area contributed by atoms with E-state index in [2.05, 4.69) is 4.99 Å². The maximum absolute atomic E-state index is 14.5. The number of sulfone groups is 1. The number of hydrogen-bond donors (Lipinski definition) is 0. The van der Waals surface area contributed by atoms with Gasteiger partial charge in [0.2, 0.25) is 0 Å². The lowest BCUT2D eigenvalue weighted by Crippen LogP contribution is -2.38. The van der Waals surface area contributed by atoms with Crippen LogP contribution in [-0.2, 0) is 21.1 Å². The van der Waals surface area contributed by atoms with Crippen LogP contribution < -0.4 is 4.90 Å². The highest BCUT2D eigenvalue weighted by molar-refractivity contribution is 8.16. The minimum absolute atomic E-state index is 0.0189. The molecule has 2 unspecified atom stereocenters. The summed E-state index contributed by atoms with van der Waals surface area (Å²) in [5.74, 6) is -2.19. The van der Waals surface area contributed by atoms with Gasteiger partial charge < -0.3 is 4.90 Å². The quantitative estimate of drug-likeness (QED) is 0.740. The van der Waals surface area contributed by atoms with Gasteiger partial charge in [0.25, 0.3) is 5.91 Å². The number of nitrogens with zero attached hydrogens (tertiary/aromatic N) is 2. The van der Waals surface area contributed by atoms with Crippen molar-refractivity contribution in [1.29, 1.82) is 0 Å². The van der Waals surface area contributed by atoms with E-state index in [0.29, 0.717) is 0 Å². The van der Waals surface area contributed by atoms with Crippen molar-refractivity contribution in [2.45, 2.75) is 24.6 Å². The highest BCUT2D eigenvalue weighted by Crippen LogP contribution is 2.41. The highest BCUT2D eigenvalue weighted by Gasteiger charge is 2.50. The fourth-order valence-corrected chi connectivity index (χ4v) is 7.47. The number of anilines is 1. The summed E-state index contributed by atoms with van der Waals surface area (Å²) in [5, 5.41) is -0.104. The summed E-state index contributed by atoms with van der Waals surface area (Å²) >= 11 is 1.16. The molecule has 2 aliphatic rings. The van der Waals surface area contributed by atoms with Crippen molar-refractivity contribution in [2.75, 3.05) is 16.4 Å². The van der Waals surface area contributed by atoms with Gasteiger partial charge in [-0.25, -0.2) is 17.2 Å². The van der Waals surface area contributed by atoms with Crippen LogP contribution in [0.5, 0.6) is 0 Å². The van der Waals surface area contributed by atoms with Gasteiger partial charge in [0, 0.05) is 11.3 Å². The number of halogens is 2. The number of rotatable bonds is 3. The van der Waals surface area contributed by atoms with Gasteiger partial charge in [-0.15, -0.1) is 0 Å². The summed E-state index contributed by atoms with van der Waals surface area (Å²) in [4.78, 5) is 18.1. The molecule has 0 bridgehead atoms. The van der Waals surface area contributed by atoms with E-state index in [1.807, 2.05) is 31.2 Å². The van der Waals surface area contributed by atoms with Crippen molar-refractivity contribution in [1.82, 2.24) is 0 Å². The molecule has 2 atom stereocenters. The summed E-state index contributed by atoms with van der Waals surface area (Å²) in [6, 6.07) is 10.0. The largest absolute Gasteiger partial charge is 0.313 e. The van der Waals surface area contributed by atoms with Crippen molar-refractivity contribution in [3.05, 3.63) is 65.2 Å². The first-order valence-electron chi connectivity index (χ1n) is 9.00. The molecular weight excluding hydrogens is 418 g/mol. The first-order valence-corrected chi connectivity index (χ1v) is 11.7. The van der Waals surface area contributed by atoms with Gasteiger partial charge in [-0.1, -0.05) is 41.6 Å². The Labute approximate surface area is 171 Å². The Hall–Kier alpha value is -2.26. The Balaban J connectivity index is 1.66. The first-order chi connectivity index (χ1) is 13.7. The maximum Gasteiger partial charge on any atom is 0.252 e. The molecular formula is C20H18F2N2O3S2. The number of hydrogen-bond acceptors (Lipinski definition) is 4. The van der Waals surface area contributed by atoms with E-state index < -0.39 is 33.4 Å². The van der Waals surface area contributed by atoms with Gasteiger partial charge in [-0.3, -0.25) is 4.79 Å². The number of thioether (sulfide) groups is 1. The Morgan fingerprint density at radius 1 is 1.17 bits per heavy atom. The van der Waals surface area contributed by atoms with Crippen LogP contribution in [0.4, 0.5) is 14.5 Å². The monoisotopic (exact) mass is 436 g/mol. The van der Waals surface area contributed by atoms with E-state index >= 15 is 0 Å². The smallest absolute Gasteiger partial charge is 0.252 e. The van der Waals surface area contributed by atoms with Gasteiger partial charge in [0.1, 0.15) is 11.6 Å². The molecule has 29 heavy (non-hydrogen) atoms. The Morgan fingerprint density at radius 3 is 2.59 bits per heavy atom. The third-order valence-corrected chi connectivity index (χ3v) is 8.14. The minimum Gasteiger partial charge on any atom is -0.313 e. The number of aryl methyl sites for hydroxylation is 1. The van der Waals surface area contributed by atoms with Crippen molar-refractivity contribution < 1.29 is 22.0 Å². The number of aliphatic imine (C=N–C) groups is 1. The average molecular weight is 437 g/mol. The molecule has 2 aromatic rings. The minimum atomic E-state index is -3.27. The molecule has 4 rings (SSSR count). The highest BCUT2D eigenvalue weighted by atomic mass is 32.2. The molecule has 0 radical (unpaired) electrons. The summed E-state index contributed by atoms with van der Waals surface area (Å²) in [5.41, 5.74) is 1.89. The van der Waals surface area contributed by atoms with Gasteiger partial charge in [0.05, 0.1) is 29.7 Å². The number of fused-ring (bicyclic) bond motifs is 1. The third kappa shape index (κ3) is 4.20. The average Bonchev–Trinajstić information content (AvgIpc) is 3.08. The fraction of sp³-hybridized carbons (Fsp3) is 0.300. The second-order valence-electron chi connectivity index (χ2n) is 7.22. The zero-order valence-electron chi connectivity index (χ0n) is 15.5. The van der Waals surface area contributed by atoms with E-state index in [9.17, 15) is 22.0 Å². The van der Waals surface area contributed by atoms with Crippen LogP contribution in [0.1, 0.15) is 11.1 Å². The van der Waals surface area contributed by atoms with Crippen LogP contribution in [0.3, 0.4) is 0 Å². The summed E-state index contributed by atoms with van der Waals surface area (Å²) in [6.07, 6.45) is 0.0811. The van der Waals surface area contributed by atoms with Crippen LogP contribution in [-0.4, -0.2) is 42.3 Å². The number of amidine groups is 1. The molecule has 0 N–H and O–H groups in total. The van der Waals surface area contributed by atoms with Crippen LogP contribution in [0.15, 0.2) is 47.5 Å². The van der Waals surface area contributed by atoms with Gasteiger partial charge >= 0.3 is 0 Å². The molecule has 1 amide bonds. The van der Waals surface area contributed by atoms with Crippen LogP contribution in [0.2, 0.25) is 0 Å². The Morgan fingerprint density at radius 2 is 1.90 bits per heavy atom. The fourth-order valence-electron chi connectivity index (χ4n) is 3.55. The van der Waals surface area contributed by atoms with Crippen molar-refractivity contribution >= 4 is 38.4 Å². The number of amides is 1. The van der Waals surface area contributed by atoms with E-state index in [1.54, 1.807) is 0 Å². The molecule has 9 heteroatoms. The van der Waals surface area contributed by atoms with Crippen LogP contribution in [0, 0.1) is 18.6 Å². The number of carbonyl (C=O) groups excluding carboxylic acids is 1. The normalized spacial score (nSPS) is 24.1. The molecule has 0 aliphatic carbocycles. The summed E-state index contributed by atoms with van der Waals surface area (Å²) in [7, 11) is -3.27. The number of carbonyl (C=O) groups is 1. The lowest BCUT2D eigenvalue weighted by Gasteiger charge is -2.24. The van der Waals surface area contributed by atoms with Gasteiger partial charge in [-0.2, -0.15) is 4.99 Å². The third-order valence-electron chi connectivity index (χ3n) is 4.93. The second kappa shape index (κ2) is 7.53. The standard InChI is InChI=1S/C20H18F2N2O3S2/c1-12-2-4-13(5-3-12)8-19(25)23-20-24(16-7-6-14(21)9-15(16)22)17-10-29(26,27)11-18(17)28-20/h2-7,9,17-18H,8,10-11H2,1H3. The zero-order valence-corrected chi connectivity index (χ0v) is 17.1. The predicted octanol–water partition coefficient (Wildman–Crippen LogP) is 3.12. The second-order valence-corrected chi connectivity index (χ2v) is 10.6. The Bertz CT molecular complexity index is 1100. The molecule has 0 aromatic heterocycles. The molecule has 152 valence electrons. The molecule has 0 spiro atoms. The van der Waals surface area contributed by atoms with E-state index in [4.69, 9.17) is 0 Å². The molecule has 5 nitrogen and oxygen atoms in total. The topological polar surface area (TPSA) is 66.8 Å². The van der Waals surface area contributed by atoms with E-state index in [0.717, 1.165) is 35.0 Å². The lowest BCUT2D eigenvalue weighted by atomic mass is 10.1. The van der Waals surface area contributed by atoms with Gasteiger partial charge in [0.15, 0.2) is 15.0 Å². The lowest BCUT2D eigenvalue weighted by molar-refractivity contribution is -0.117. The zero-order chi connectivity index (χ0) is 20.8. The molecule has 2 aromatic carbocycles. The van der Waals surface area contributed by atoms with Crippen molar-refractivity contribution in [2.24, 2.45) is 4.99 Å². The van der Waals surface area contributed by atoms with E-state index in [-0.39, 0.29) is 34.0 Å². The van der Waals surface area contributed by atoms with E-state index in [1.165, 1.54) is 11.0 Å². The van der Waals surface area contributed by atoms with Crippen LogP contribution in [0.25, 0.3) is 0 Å². The molecule has 2 heterocycles. The number of benzene rings is 2. The first kappa shape index (κ1) is 20.0. The van der Waals surface area contributed by atoms with Gasteiger partial charge in [-0.05, 0) is 24.6 Å². The van der Waals surface area contributed by atoms with Crippen LogP contribution >= 0.6 is 11.8 Å². The van der Waals surface area contributed by atoms with Crippen molar-refractivity contribution in [3.8, 4) is 0 Å². The molecule has 2 aliphatic heterocycles. The predicted molar refractivity (Wildman–Crippen MR) is 110 cm³/mol. The summed E-state index contributed by atoms with van der Waals surface area (Å²) < 4.78 is 51.9. The van der Waals surface area contributed by atoms with Crippen molar-refractivity contribution in [3.63, 3.8) is 0 Å².